The first kappa shape index (κ1) is 16.2. The molecule has 0 saturated heterocycles. The van der Waals surface area contributed by atoms with Gasteiger partial charge in [0.25, 0.3) is 5.91 Å². The third-order valence-electron chi connectivity index (χ3n) is 2.99. The molecule has 0 bridgehead atoms. The van der Waals surface area contributed by atoms with Gasteiger partial charge in [-0.05, 0) is 29.8 Å². The Hall–Kier alpha value is -3.15. The van der Waals surface area contributed by atoms with Crippen LogP contribution in [0.15, 0.2) is 54.6 Å². The molecular weight excluding hydrogens is 294 g/mol. The molecule has 23 heavy (non-hydrogen) atoms. The maximum absolute atomic E-state index is 11.9. The van der Waals surface area contributed by atoms with Gasteiger partial charge in [-0.25, -0.2) is 0 Å². The molecule has 0 aliphatic carbocycles. The number of rotatable bonds is 4. The maximum atomic E-state index is 11.9. The van der Waals surface area contributed by atoms with Crippen LogP contribution in [0, 0.1) is 0 Å². The van der Waals surface area contributed by atoms with Crippen molar-refractivity contribution in [3.63, 3.8) is 0 Å². The van der Waals surface area contributed by atoms with Crippen molar-refractivity contribution >= 4 is 23.4 Å². The molecule has 0 atom stereocenters. The monoisotopic (exact) mass is 311 g/mol. The second kappa shape index (κ2) is 7.74. The van der Waals surface area contributed by atoms with Crippen LogP contribution in [-0.2, 0) is 16.0 Å². The third kappa shape index (κ3) is 5.28. The first-order valence-corrected chi connectivity index (χ1v) is 7.05. The molecule has 0 spiro atoms. The molecule has 0 aromatic heterocycles. The molecule has 118 valence electrons. The van der Waals surface area contributed by atoms with E-state index in [9.17, 15) is 14.4 Å². The predicted octanol–water partition coefficient (Wildman–Crippen LogP) is 1.65. The lowest BCUT2D eigenvalue weighted by atomic mass is 10.1. The van der Waals surface area contributed by atoms with E-state index in [0.29, 0.717) is 11.3 Å². The van der Waals surface area contributed by atoms with Crippen molar-refractivity contribution in [2.24, 2.45) is 0 Å². The van der Waals surface area contributed by atoms with Crippen LogP contribution in [0.3, 0.4) is 0 Å². The van der Waals surface area contributed by atoms with E-state index < -0.39 is 5.91 Å². The highest BCUT2D eigenvalue weighted by Crippen LogP contribution is 2.09. The summed E-state index contributed by atoms with van der Waals surface area (Å²) < 4.78 is 0. The van der Waals surface area contributed by atoms with E-state index in [1.165, 1.54) is 6.92 Å². The number of anilines is 1. The summed E-state index contributed by atoms with van der Waals surface area (Å²) >= 11 is 0. The minimum Gasteiger partial charge on any atom is -0.326 e. The second-order valence-electron chi connectivity index (χ2n) is 4.92. The van der Waals surface area contributed by atoms with Gasteiger partial charge in [-0.1, -0.05) is 30.3 Å². The fraction of sp³-hybridized carbons (Fsp3) is 0.118. The number of benzene rings is 2. The van der Waals surface area contributed by atoms with Crippen molar-refractivity contribution in [3.05, 3.63) is 65.7 Å². The molecule has 0 aliphatic heterocycles. The lowest BCUT2D eigenvalue weighted by Crippen LogP contribution is -2.42. The summed E-state index contributed by atoms with van der Waals surface area (Å²) in [6.07, 6.45) is 0.183. The number of carbonyl (C=O) groups is 3. The van der Waals surface area contributed by atoms with Crippen molar-refractivity contribution in [2.45, 2.75) is 13.3 Å². The molecule has 0 saturated carbocycles. The van der Waals surface area contributed by atoms with Crippen LogP contribution in [0.1, 0.15) is 22.8 Å². The highest BCUT2D eigenvalue weighted by molar-refractivity contribution is 5.96. The van der Waals surface area contributed by atoms with E-state index in [4.69, 9.17) is 0 Å². The molecule has 6 heteroatoms. The van der Waals surface area contributed by atoms with Crippen molar-refractivity contribution in [1.82, 2.24) is 10.9 Å². The Morgan fingerprint density at radius 3 is 2.13 bits per heavy atom. The number of amides is 3. The summed E-state index contributed by atoms with van der Waals surface area (Å²) in [7, 11) is 0. The maximum Gasteiger partial charge on any atom is 0.269 e. The van der Waals surface area contributed by atoms with Gasteiger partial charge in [-0.2, -0.15) is 0 Å². The molecule has 2 aromatic carbocycles. The van der Waals surface area contributed by atoms with Crippen LogP contribution in [0.5, 0.6) is 0 Å². The van der Waals surface area contributed by atoms with Crippen LogP contribution < -0.4 is 16.2 Å². The molecule has 0 radical (unpaired) electrons. The van der Waals surface area contributed by atoms with Crippen molar-refractivity contribution in [2.75, 3.05) is 5.32 Å². The van der Waals surface area contributed by atoms with Gasteiger partial charge in [0.05, 0.1) is 6.42 Å². The van der Waals surface area contributed by atoms with Gasteiger partial charge < -0.3 is 5.32 Å². The first-order chi connectivity index (χ1) is 11.0. The average Bonchev–Trinajstić information content (AvgIpc) is 2.54. The van der Waals surface area contributed by atoms with Gasteiger partial charge in [0.2, 0.25) is 11.8 Å². The molecule has 6 nitrogen and oxygen atoms in total. The Labute approximate surface area is 133 Å². The van der Waals surface area contributed by atoms with Gasteiger partial charge in [0.1, 0.15) is 0 Å². The van der Waals surface area contributed by atoms with Gasteiger partial charge in [0, 0.05) is 18.2 Å². The second-order valence-corrected chi connectivity index (χ2v) is 4.92. The summed E-state index contributed by atoms with van der Waals surface area (Å²) in [5.41, 5.74) is 6.55. The molecule has 3 N–H and O–H groups in total. The zero-order chi connectivity index (χ0) is 16.7. The zero-order valence-electron chi connectivity index (χ0n) is 12.6. The Bertz CT molecular complexity index is 697. The Morgan fingerprint density at radius 2 is 1.52 bits per heavy atom. The van der Waals surface area contributed by atoms with Crippen LogP contribution >= 0.6 is 0 Å². The molecule has 2 rings (SSSR count). The summed E-state index contributed by atoms with van der Waals surface area (Å²) in [5, 5.41) is 2.61. The fourth-order valence-electron chi connectivity index (χ4n) is 1.93. The number of nitrogens with one attached hydrogen (secondary N) is 3. The zero-order valence-corrected chi connectivity index (χ0v) is 12.6. The number of carbonyl (C=O) groups excluding carboxylic acids is 3. The minimum absolute atomic E-state index is 0.183. The van der Waals surface area contributed by atoms with Crippen molar-refractivity contribution < 1.29 is 14.4 Å². The molecule has 0 aliphatic rings. The topological polar surface area (TPSA) is 87.3 Å². The van der Waals surface area contributed by atoms with Crippen molar-refractivity contribution in [3.8, 4) is 0 Å². The van der Waals surface area contributed by atoms with Crippen molar-refractivity contribution in [1.29, 1.82) is 0 Å². The van der Waals surface area contributed by atoms with Crippen LogP contribution in [0.4, 0.5) is 5.69 Å². The SMILES string of the molecule is CC(=O)Nc1ccc(C(=O)NNC(=O)Cc2ccccc2)cc1. The normalized spacial score (nSPS) is 9.78. The Balaban J connectivity index is 1.84. The van der Waals surface area contributed by atoms with E-state index in [2.05, 4.69) is 16.2 Å². The van der Waals surface area contributed by atoms with E-state index >= 15 is 0 Å². The van der Waals surface area contributed by atoms with Gasteiger partial charge in [-0.15, -0.1) is 0 Å². The van der Waals surface area contributed by atoms with E-state index in [1.807, 2.05) is 30.3 Å². The van der Waals surface area contributed by atoms with Crippen LogP contribution in [-0.4, -0.2) is 17.7 Å². The highest BCUT2D eigenvalue weighted by atomic mass is 16.2. The van der Waals surface area contributed by atoms with Gasteiger partial charge in [-0.3, -0.25) is 25.2 Å². The Kier molecular flexibility index (Phi) is 5.46. The van der Waals surface area contributed by atoms with Gasteiger partial charge in [0.15, 0.2) is 0 Å². The predicted molar refractivity (Wildman–Crippen MR) is 86.5 cm³/mol. The fourth-order valence-corrected chi connectivity index (χ4v) is 1.93. The molecule has 0 heterocycles. The minimum atomic E-state index is -0.430. The Morgan fingerprint density at radius 1 is 0.870 bits per heavy atom. The van der Waals surface area contributed by atoms with E-state index in [1.54, 1.807) is 24.3 Å². The molecule has 0 unspecified atom stereocenters. The largest absolute Gasteiger partial charge is 0.326 e. The van der Waals surface area contributed by atoms with Gasteiger partial charge >= 0.3 is 0 Å². The quantitative estimate of drug-likeness (QED) is 0.750. The summed E-state index contributed by atoms with van der Waals surface area (Å²) in [4.78, 5) is 34.6. The van der Waals surface area contributed by atoms with Crippen LogP contribution in [0.25, 0.3) is 0 Å². The first-order valence-electron chi connectivity index (χ1n) is 7.05. The van der Waals surface area contributed by atoms with E-state index in [-0.39, 0.29) is 18.2 Å². The smallest absolute Gasteiger partial charge is 0.269 e. The summed E-state index contributed by atoms with van der Waals surface area (Å²) in [6, 6.07) is 15.6. The van der Waals surface area contributed by atoms with Crippen LogP contribution in [0.2, 0.25) is 0 Å². The standard InChI is InChI=1S/C17H17N3O3/c1-12(21)18-15-9-7-14(8-10-15)17(23)20-19-16(22)11-13-5-3-2-4-6-13/h2-10H,11H2,1H3,(H,18,21)(H,19,22)(H,20,23). The molecule has 2 aromatic rings. The number of hydrogen-bond acceptors (Lipinski definition) is 3. The lowest BCUT2D eigenvalue weighted by Gasteiger charge is -2.08. The molecular formula is C17H17N3O3. The average molecular weight is 311 g/mol. The lowest BCUT2D eigenvalue weighted by molar-refractivity contribution is -0.121. The molecule has 0 fully saturated rings. The summed E-state index contributed by atoms with van der Waals surface area (Å²) in [5.74, 6) is -0.921. The van der Waals surface area contributed by atoms with E-state index in [0.717, 1.165) is 5.56 Å². The number of hydrogen-bond donors (Lipinski definition) is 3. The summed E-state index contributed by atoms with van der Waals surface area (Å²) in [6.45, 7) is 1.41. The molecule has 3 amide bonds. The number of hydrazine groups is 1. The third-order valence-corrected chi connectivity index (χ3v) is 2.99. The highest BCUT2D eigenvalue weighted by Gasteiger charge is 2.08.